The first kappa shape index (κ1) is 20.2. The zero-order chi connectivity index (χ0) is 21.1. The van der Waals surface area contributed by atoms with Crippen LogP contribution < -0.4 is 15.1 Å². The number of nitrogens with one attached hydrogen (secondary N) is 1. The molecule has 2 aromatic carbocycles. The van der Waals surface area contributed by atoms with Crippen molar-refractivity contribution in [2.75, 3.05) is 54.5 Å². The van der Waals surface area contributed by atoms with Crippen LogP contribution in [0.15, 0.2) is 36.4 Å². The molecule has 8 heteroatoms. The number of hydrogen-bond acceptors (Lipinski definition) is 6. The fraction of sp³-hybridized carbons (Fsp3) is 0.409. The summed E-state index contributed by atoms with van der Waals surface area (Å²) >= 11 is 0. The summed E-state index contributed by atoms with van der Waals surface area (Å²) in [5.74, 6) is -0.350. The first-order chi connectivity index (χ1) is 14.5. The second-order valence-electron chi connectivity index (χ2n) is 7.71. The molecule has 158 valence electrons. The van der Waals surface area contributed by atoms with Crippen LogP contribution in [0.4, 0.5) is 22.7 Å². The van der Waals surface area contributed by atoms with Crippen LogP contribution in [0.2, 0.25) is 0 Å². The second-order valence-corrected chi connectivity index (χ2v) is 7.71. The Morgan fingerprint density at radius 3 is 2.43 bits per heavy atom. The maximum atomic E-state index is 13.1. The van der Waals surface area contributed by atoms with Crippen LogP contribution in [0.5, 0.6) is 0 Å². The zero-order valence-electron chi connectivity index (χ0n) is 17.1. The van der Waals surface area contributed by atoms with Gasteiger partial charge in [-0.1, -0.05) is 0 Å². The Kier molecular flexibility index (Phi) is 5.85. The molecule has 2 heterocycles. The molecule has 2 aliphatic heterocycles. The first-order valence-corrected chi connectivity index (χ1v) is 10.3. The van der Waals surface area contributed by atoms with E-state index < -0.39 is 4.92 Å². The number of rotatable bonds is 5. The Morgan fingerprint density at radius 1 is 1.03 bits per heavy atom. The predicted octanol–water partition coefficient (Wildman–Crippen LogP) is 3.59. The quantitative estimate of drug-likeness (QED) is 0.599. The minimum Gasteiger partial charge on any atom is -0.378 e. The van der Waals surface area contributed by atoms with Crippen LogP contribution in [0.3, 0.4) is 0 Å². The third kappa shape index (κ3) is 4.23. The van der Waals surface area contributed by atoms with Gasteiger partial charge in [0.15, 0.2) is 0 Å². The second kappa shape index (κ2) is 8.71. The van der Waals surface area contributed by atoms with Crippen molar-refractivity contribution < 1.29 is 14.5 Å². The molecule has 2 saturated heterocycles. The SMILES string of the molecule is Cc1cc(N2CCCC2)ccc1NC(=O)c1cc([N+](=O)[O-])ccc1N1CCOCC1. The molecule has 1 N–H and O–H groups in total. The van der Waals surface area contributed by atoms with Crippen molar-refractivity contribution in [3.05, 3.63) is 57.6 Å². The van der Waals surface area contributed by atoms with Crippen LogP contribution in [-0.2, 0) is 4.74 Å². The van der Waals surface area contributed by atoms with Gasteiger partial charge in [0.1, 0.15) is 0 Å². The lowest BCUT2D eigenvalue weighted by Crippen LogP contribution is -2.37. The number of carbonyl (C=O) groups is 1. The van der Waals surface area contributed by atoms with Gasteiger partial charge in [-0.2, -0.15) is 0 Å². The summed E-state index contributed by atoms with van der Waals surface area (Å²) in [5, 5.41) is 14.2. The number of nitro benzene ring substituents is 1. The van der Waals surface area contributed by atoms with Crippen molar-refractivity contribution in [3.63, 3.8) is 0 Å². The van der Waals surface area contributed by atoms with Gasteiger partial charge in [0.25, 0.3) is 11.6 Å². The summed E-state index contributed by atoms with van der Waals surface area (Å²) < 4.78 is 5.39. The molecule has 4 rings (SSSR count). The molecule has 2 aliphatic rings. The Hall–Kier alpha value is -3.13. The molecular weight excluding hydrogens is 384 g/mol. The lowest BCUT2D eigenvalue weighted by molar-refractivity contribution is -0.384. The molecule has 30 heavy (non-hydrogen) atoms. The highest BCUT2D eigenvalue weighted by atomic mass is 16.6. The van der Waals surface area contributed by atoms with E-state index in [1.807, 2.05) is 24.0 Å². The van der Waals surface area contributed by atoms with Gasteiger partial charge >= 0.3 is 0 Å². The highest BCUT2D eigenvalue weighted by Crippen LogP contribution is 2.29. The number of aryl methyl sites for hydroxylation is 1. The molecule has 2 fully saturated rings. The largest absolute Gasteiger partial charge is 0.378 e. The molecule has 0 spiro atoms. The standard InChI is InChI=1S/C22H26N4O4/c1-16-14-17(24-8-2-3-9-24)4-6-20(16)23-22(27)19-15-18(26(28)29)5-7-21(19)25-10-12-30-13-11-25/h4-7,14-15H,2-3,8-13H2,1H3,(H,23,27). The minimum absolute atomic E-state index is 0.0988. The molecule has 0 saturated carbocycles. The van der Waals surface area contributed by atoms with E-state index in [0.29, 0.717) is 43.2 Å². The van der Waals surface area contributed by atoms with E-state index >= 15 is 0 Å². The minimum atomic E-state index is -0.476. The van der Waals surface area contributed by atoms with E-state index in [0.717, 1.165) is 24.3 Å². The van der Waals surface area contributed by atoms with E-state index in [1.165, 1.54) is 25.0 Å². The fourth-order valence-electron chi connectivity index (χ4n) is 4.05. The Bertz CT molecular complexity index is 950. The van der Waals surface area contributed by atoms with Crippen LogP contribution in [0.1, 0.15) is 28.8 Å². The molecule has 0 radical (unpaired) electrons. The third-order valence-corrected chi connectivity index (χ3v) is 5.72. The Balaban J connectivity index is 1.60. The van der Waals surface area contributed by atoms with Crippen LogP contribution >= 0.6 is 0 Å². The average Bonchev–Trinajstić information content (AvgIpc) is 3.30. The van der Waals surface area contributed by atoms with Crippen LogP contribution in [0, 0.1) is 17.0 Å². The number of non-ortho nitro benzene ring substituents is 1. The Morgan fingerprint density at radius 2 is 1.77 bits per heavy atom. The van der Waals surface area contributed by atoms with Crippen LogP contribution in [-0.4, -0.2) is 50.2 Å². The molecule has 0 unspecified atom stereocenters. The fourth-order valence-corrected chi connectivity index (χ4v) is 4.05. The van der Waals surface area contributed by atoms with Gasteiger partial charge in [0, 0.05) is 49.7 Å². The molecule has 8 nitrogen and oxygen atoms in total. The van der Waals surface area contributed by atoms with Gasteiger partial charge in [-0.05, 0) is 49.6 Å². The number of hydrogen-bond donors (Lipinski definition) is 1. The lowest BCUT2D eigenvalue weighted by atomic mass is 10.1. The summed E-state index contributed by atoms with van der Waals surface area (Å²) in [5.41, 5.74) is 3.72. The monoisotopic (exact) mass is 410 g/mol. The lowest BCUT2D eigenvalue weighted by Gasteiger charge is -2.30. The summed E-state index contributed by atoms with van der Waals surface area (Å²) in [7, 11) is 0. The van der Waals surface area contributed by atoms with E-state index in [4.69, 9.17) is 4.74 Å². The molecule has 2 aromatic rings. The predicted molar refractivity (Wildman–Crippen MR) is 117 cm³/mol. The summed E-state index contributed by atoms with van der Waals surface area (Å²) in [4.78, 5) is 28.3. The molecular formula is C22H26N4O4. The zero-order valence-corrected chi connectivity index (χ0v) is 17.1. The number of nitrogens with zero attached hydrogens (tertiary/aromatic N) is 3. The van der Waals surface area contributed by atoms with Crippen LogP contribution in [0.25, 0.3) is 0 Å². The van der Waals surface area contributed by atoms with Crippen molar-refractivity contribution in [3.8, 4) is 0 Å². The number of benzene rings is 2. The van der Waals surface area contributed by atoms with Gasteiger partial charge in [0.05, 0.1) is 29.4 Å². The van der Waals surface area contributed by atoms with E-state index in [9.17, 15) is 14.9 Å². The molecule has 0 aromatic heterocycles. The molecule has 0 aliphatic carbocycles. The van der Waals surface area contributed by atoms with Crippen molar-refractivity contribution in [1.29, 1.82) is 0 Å². The first-order valence-electron chi connectivity index (χ1n) is 10.3. The van der Waals surface area contributed by atoms with E-state index in [1.54, 1.807) is 6.07 Å². The van der Waals surface area contributed by atoms with Crippen molar-refractivity contribution >= 4 is 28.7 Å². The number of carbonyl (C=O) groups excluding carboxylic acids is 1. The van der Waals surface area contributed by atoms with Gasteiger partial charge in [-0.15, -0.1) is 0 Å². The van der Waals surface area contributed by atoms with Gasteiger partial charge < -0.3 is 19.9 Å². The van der Waals surface area contributed by atoms with E-state index in [-0.39, 0.29) is 11.6 Å². The smallest absolute Gasteiger partial charge is 0.270 e. The number of ether oxygens (including phenoxy) is 1. The number of morpholine rings is 1. The number of nitro groups is 1. The number of amides is 1. The Labute approximate surface area is 175 Å². The molecule has 0 atom stereocenters. The average molecular weight is 410 g/mol. The maximum Gasteiger partial charge on any atom is 0.270 e. The summed E-state index contributed by atoms with van der Waals surface area (Å²) in [6, 6.07) is 10.5. The van der Waals surface area contributed by atoms with Crippen molar-refractivity contribution in [1.82, 2.24) is 0 Å². The third-order valence-electron chi connectivity index (χ3n) is 5.72. The summed E-state index contributed by atoms with van der Waals surface area (Å²) in [6.07, 6.45) is 2.41. The van der Waals surface area contributed by atoms with Gasteiger partial charge in [-0.25, -0.2) is 0 Å². The summed E-state index contributed by atoms with van der Waals surface area (Å²) in [6.45, 7) is 6.49. The van der Waals surface area contributed by atoms with Crippen molar-refractivity contribution in [2.24, 2.45) is 0 Å². The maximum absolute atomic E-state index is 13.1. The highest BCUT2D eigenvalue weighted by molar-refractivity contribution is 6.09. The van der Waals surface area contributed by atoms with E-state index in [2.05, 4.69) is 16.3 Å². The normalized spacial score (nSPS) is 16.6. The topological polar surface area (TPSA) is 88.0 Å². The highest BCUT2D eigenvalue weighted by Gasteiger charge is 2.23. The molecule has 1 amide bonds. The molecule has 0 bridgehead atoms. The van der Waals surface area contributed by atoms with Gasteiger partial charge in [0.2, 0.25) is 0 Å². The van der Waals surface area contributed by atoms with Crippen molar-refractivity contribution in [2.45, 2.75) is 19.8 Å². The number of anilines is 3. The van der Waals surface area contributed by atoms with Gasteiger partial charge in [-0.3, -0.25) is 14.9 Å².